The second-order valence-electron chi connectivity index (χ2n) is 7.44. The van der Waals surface area contributed by atoms with Gasteiger partial charge in [0.05, 0.1) is 0 Å². The molecule has 0 N–H and O–H groups in total. The molecule has 2 rings (SSSR count). The first kappa shape index (κ1) is 20.6. The molecule has 1 aromatic carbocycles. The Bertz CT molecular complexity index is 749. The third-order valence-electron chi connectivity index (χ3n) is 5.65. The van der Waals surface area contributed by atoms with Gasteiger partial charge in [-0.15, -0.1) is 0 Å². The molecule has 0 aliphatic heterocycles. The minimum atomic E-state index is -5.52. The molecule has 0 heterocycles. The number of alkyl halides is 6. The highest BCUT2D eigenvalue weighted by molar-refractivity contribution is 5.44. The van der Waals surface area contributed by atoms with Gasteiger partial charge in [-0.3, -0.25) is 0 Å². The zero-order valence-corrected chi connectivity index (χ0v) is 15.4. The number of halogens is 6. The summed E-state index contributed by atoms with van der Waals surface area (Å²) in [6.45, 7) is 7.49. The van der Waals surface area contributed by atoms with Gasteiger partial charge >= 0.3 is 12.4 Å². The second-order valence-corrected chi connectivity index (χ2v) is 7.44. The fraction of sp³-hybridized carbons (Fsp3) is 0.500. The highest BCUT2D eigenvalue weighted by atomic mass is 19.4. The first-order valence-electron chi connectivity index (χ1n) is 8.24. The molecule has 0 fully saturated rings. The molecule has 1 aromatic rings. The lowest BCUT2D eigenvalue weighted by atomic mass is 9.55. The lowest BCUT2D eigenvalue weighted by Gasteiger charge is -2.50. The van der Waals surface area contributed by atoms with E-state index in [0.29, 0.717) is 22.3 Å². The van der Waals surface area contributed by atoms with Crippen molar-refractivity contribution in [1.29, 1.82) is 0 Å². The van der Waals surface area contributed by atoms with Gasteiger partial charge in [-0.1, -0.05) is 48.4 Å². The Morgan fingerprint density at radius 1 is 0.846 bits per heavy atom. The third kappa shape index (κ3) is 2.87. The first-order chi connectivity index (χ1) is 11.7. The van der Waals surface area contributed by atoms with Gasteiger partial charge < -0.3 is 0 Å². The first-order valence-corrected chi connectivity index (χ1v) is 8.24. The number of rotatable bonds is 2. The molecule has 0 saturated heterocycles. The monoisotopic (exact) mass is 376 g/mol. The van der Waals surface area contributed by atoms with Crippen molar-refractivity contribution in [3.05, 3.63) is 58.2 Å². The average molecular weight is 376 g/mol. The van der Waals surface area contributed by atoms with Crippen molar-refractivity contribution in [2.24, 2.45) is 5.41 Å². The number of allylic oxidation sites excluding steroid dienone is 4. The van der Waals surface area contributed by atoms with Crippen LogP contribution in [0.15, 0.2) is 41.5 Å². The molecule has 0 nitrogen and oxygen atoms in total. The van der Waals surface area contributed by atoms with Crippen LogP contribution in [0, 0.1) is 19.3 Å². The quantitative estimate of drug-likeness (QED) is 0.489. The summed E-state index contributed by atoms with van der Waals surface area (Å²) < 4.78 is 85.6. The van der Waals surface area contributed by atoms with Gasteiger partial charge in [0.25, 0.3) is 0 Å². The highest BCUT2D eigenvalue weighted by Crippen LogP contribution is 2.64. The Kier molecular flexibility index (Phi) is 4.89. The molecule has 26 heavy (non-hydrogen) atoms. The van der Waals surface area contributed by atoms with E-state index < -0.39 is 28.7 Å². The molecule has 0 spiro atoms. The van der Waals surface area contributed by atoms with Gasteiger partial charge in [-0.05, 0) is 50.8 Å². The summed E-state index contributed by atoms with van der Waals surface area (Å²) in [7, 11) is 0. The molecule has 0 bridgehead atoms. The summed E-state index contributed by atoms with van der Waals surface area (Å²) >= 11 is 0. The van der Waals surface area contributed by atoms with E-state index in [9.17, 15) is 26.3 Å². The molecule has 1 unspecified atom stereocenters. The molecule has 1 aliphatic rings. The lowest BCUT2D eigenvalue weighted by Crippen LogP contribution is -2.63. The molecule has 1 aliphatic carbocycles. The summed E-state index contributed by atoms with van der Waals surface area (Å²) in [5, 5.41) is 0. The van der Waals surface area contributed by atoms with Crippen molar-refractivity contribution in [2.45, 2.75) is 58.8 Å². The van der Waals surface area contributed by atoms with E-state index in [0.717, 1.165) is 25.1 Å². The maximum absolute atomic E-state index is 14.3. The van der Waals surface area contributed by atoms with E-state index in [1.165, 1.54) is 19.1 Å². The summed E-state index contributed by atoms with van der Waals surface area (Å²) in [4.78, 5) is 0. The summed E-state index contributed by atoms with van der Waals surface area (Å²) in [6, 6.07) is 3.31. The SMILES string of the molecule is CC1=C(C)CC(C)(C(c2ccc(C)c(C)c2)(C(F)(F)F)C(F)(F)F)C=C1. The van der Waals surface area contributed by atoms with Gasteiger partial charge in [-0.25, -0.2) is 0 Å². The van der Waals surface area contributed by atoms with Crippen LogP contribution in [0.5, 0.6) is 0 Å². The number of benzene rings is 1. The van der Waals surface area contributed by atoms with Gasteiger partial charge in [-0.2, -0.15) is 26.3 Å². The van der Waals surface area contributed by atoms with E-state index in [-0.39, 0.29) is 6.42 Å². The van der Waals surface area contributed by atoms with Crippen LogP contribution in [-0.2, 0) is 5.41 Å². The largest absolute Gasteiger partial charge is 0.408 e. The van der Waals surface area contributed by atoms with Crippen molar-refractivity contribution in [3.63, 3.8) is 0 Å². The van der Waals surface area contributed by atoms with Crippen LogP contribution in [-0.4, -0.2) is 12.4 Å². The fourth-order valence-electron chi connectivity index (χ4n) is 3.90. The Hall–Kier alpha value is -1.72. The van der Waals surface area contributed by atoms with E-state index in [1.54, 1.807) is 20.8 Å². The van der Waals surface area contributed by atoms with Gasteiger partial charge in [0.15, 0.2) is 5.41 Å². The highest BCUT2D eigenvalue weighted by Gasteiger charge is 2.78. The van der Waals surface area contributed by atoms with Gasteiger partial charge in [0, 0.05) is 5.41 Å². The van der Waals surface area contributed by atoms with Gasteiger partial charge in [0.2, 0.25) is 0 Å². The second kappa shape index (κ2) is 6.17. The summed E-state index contributed by atoms with van der Waals surface area (Å²) in [5.74, 6) is 0. The fourth-order valence-corrected chi connectivity index (χ4v) is 3.90. The zero-order chi connectivity index (χ0) is 20.1. The standard InChI is InChI=1S/C20H22F6/c1-12-6-7-16(10-14(12)3)18(19(21,22)23,20(24,25)26)17(5)9-8-13(2)15(4)11-17/h6-10H,11H2,1-5H3. The van der Waals surface area contributed by atoms with Crippen LogP contribution >= 0.6 is 0 Å². The number of hydrogen-bond donors (Lipinski definition) is 0. The molecule has 0 saturated carbocycles. The zero-order valence-electron chi connectivity index (χ0n) is 15.4. The minimum Gasteiger partial charge on any atom is -0.170 e. The van der Waals surface area contributed by atoms with E-state index in [4.69, 9.17) is 0 Å². The van der Waals surface area contributed by atoms with Crippen LogP contribution in [0.1, 0.15) is 43.9 Å². The molecule has 0 amide bonds. The third-order valence-corrected chi connectivity index (χ3v) is 5.65. The predicted molar refractivity (Wildman–Crippen MR) is 89.9 cm³/mol. The topological polar surface area (TPSA) is 0 Å². The lowest BCUT2D eigenvalue weighted by molar-refractivity contribution is -0.329. The van der Waals surface area contributed by atoms with Crippen LogP contribution in [0.3, 0.4) is 0 Å². The average Bonchev–Trinajstić information content (AvgIpc) is 2.44. The van der Waals surface area contributed by atoms with Crippen molar-refractivity contribution < 1.29 is 26.3 Å². The van der Waals surface area contributed by atoms with Crippen LogP contribution < -0.4 is 0 Å². The molecular weight excluding hydrogens is 354 g/mol. The number of aryl methyl sites for hydroxylation is 2. The predicted octanol–water partition coefficient (Wildman–Crippen LogP) is 6.97. The Morgan fingerprint density at radius 3 is 1.81 bits per heavy atom. The molecule has 144 valence electrons. The summed E-state index contributed by atoms with van der Waals surface area (Å²) in [6.07, 6.45) is -8.91. The Balaban J connectivity index is 2.91. The molecule has 6 heteroatoms. The van der Waals surface area contributed by atoms with Crippen LogP contribution in [0.2, 0.25) is 0 Å². The minimum absolute atomic E-state index is 0.318. The van der Waals surface area contributed by atoms with Crippen molar-refractivity contribution in [2.75, 3.05) is 0 Å². The number of hydrogen-bond acceptors (Lipinski definition) is 0. The van der Waals surface area contributed by atoms with Crippen LogP contribution in [0.25, 0.3) is 0 Å². The van der Waals surface area contributed by atoms with Gasteiger partial charge in [0.1, 0.15) is 0 Å². The summed E-state index contributed by atoms with van der Waals surface area (Å²) in [5.41, 5.74) is -4.69. The smallest absolute Gasteiger partial charge is 0.170 e. The molecule has 1 atom stereocenters. The van der Waals surface area contributed by atoms with Crippen molar-refractivity contribution in [1.82, 2.24) is 0 Å². The maximum atomic E-state index is 14.3. The van der Waals surface area contributed by atoms with E-state index in [1.807, 2.05) is 0 Å². The van der Waals surface area contributed by atoms with Crippen LogP contribution in [0.4, 0.5) is 26.3 Å². The van der Waals surface area contributed by atoms with E-state index >= 15 is 0 Å². The molecular formula is C20H22F6. The molecule has 0 radical (unpaired) electrons. The normalized spacial score (nSPS) is 22.1. The molecule has 0 aromatic heterocycles. The maximum Gasteiger partial charge on any atom is 0.408 e. The Morgan fingerprint density at radius 2 is 1.38 bits per heavy atom. The van der Waals surface area contributed by atoms with E-state index in [2.05, 4.69) is 0 Å². The van der Waals surface area contributed by atoms with Crippen molar-refractivity contribution >= 4 is 0 Å². The Labute approximate surface area is 149 Å². The van der Waals surface area contributed by atoms with Crippen molar-refractivity contribution in [3.8, 4) is 0 Å².